The number of nitriles is 1. The molecule has 0 saturated carbocycles. The summed E-state index contributed by atoms with van der Waals surface area (Å²) in [6.45, 7) is -0.746. The number of carbonyl (C=O) groups is 1. The third kappa shape index (κ3) is 3.81. The van der Waals surface area contributed by atoms with Crippen molar-refractivity contribution in [3.8, 4) is 11.8 Å². The summed E-state index contributed by atoms with van der Waals surface area (Å²) >= 11 is 0. The van der Waals surface area contributed by atoms with Crippen LogP contribution < -0.4 is 10.2 Å². The smallest absolute Gasteiger partial charge is 0.341 e. The van der Waals surface area contributed by atoms with Crippen molar-refractivity contribution in [1.29, 1.82) is 5.26 Å². The lowest BCUT2D eigenvalue weighted by Gasteiger charge is -2.10. The molecule has 0 atom stereocenters. The maximum atomic E-state index is 12.5. The van der Waals surface area contributed by atoms with Gasteiger partial charge in [0.2, 0.25) is 5.43 Å². The highest BCUT2D eigenvalue weighted by Gasteiger charge is 2.16. The number of para-hydroxylation sites is 1. The monoisotopic (exact) mass is 424 g/mol. The number of carboxylic acids is 1. The molecule has 0 aliphatic heterocycles. The highest BCUT2D eigenvalue weighted by molar-refractivity contribution is 5.92. The van der Waals surface area contributed by atoms with Crippen LogP contribution in [0.2, 0.25) is 0 Å². The lowest BCUT2D eigenvalue weighted by molar-refractivity contribution is 0.0694. The van der Waals surface area contributed by atoms with E-state index in [1.165, 1.54) is 18.3 Å². The second kappa shape index (κ2) is 7.87. The van der Waals surface area contributed by atoms with Crippen molar-refractivity contribution in [3.05, 3.63) is 69.8 Å². The van der Waals surface area contributed by atoms with E-state index in [2.05, 4.69) is 9.97 Å². The van der Waals surface area contributed by atoms with E-state index in [4.69, 9.17) is 4.74 Å². The van der Waals surface area contributed by atoms with Crippen molar-refractivity contribution < 1.29 is 23.4 Å². The van der Waals surface area contributed by atoms with Crippen molar-refractivity contribution in [2.75, 3.05) is 6.61 Å². The number of ether oxygens (including phenoxy) is 1. The molecule has 0 aliphatic carbocycles. The first-order chi connectivity index (χ1) is 14.9. The molecule has 2 aromatic heterocycles. The Morgan fingerprint density at radius 3 is 2.81 bits per heavy atom. The number of nitrogens with one attached hydrogen (secondary N) is 1. The SMILES string of the molecule is N#Cc1cc2[nH]c(Cn3cc(C(=O)O)c(=O)c4ccccc43)nc2cc1OCC(F)F. The average Bonchev–Trinajstić information content (AvgIpc) is 3.14. The van der Waals surface area contributed by atoms with Crippen LogP contribution in [0.5, 0.6) is 5.75 Å². The molecule has 0 amide bonds. The molecule has 0 aliphatic rings. The molecule has 0 saturated heterocycles. The van der Waals surface area contributed by atoms with Crippen LogP contribution in [0.3, 0.4) is 0 Å². The van der Waals surface area contributed by atoms with Gasteiger partial charge in [0.25, 0.3) is 6.43 Å². The zero-order valence-corrected chi connectivity index (χ0v) is 15.8. The molecule has 2 aromatic carbocycles. The normalized spacial score (nSPS) is 11.2. The first-order valence-electron chi connectivity index (χ1n) is 9.06. The minimum atomic E-state index is -2.69. The molecule has 10 heteroatoms. The van der Waals surface area contributed by atoms with Crippen LogP contribution in [0.15, 0.2) is 47.4 Å². The van der Waals surface area contributed by atoms with E-state index >= 15 is 0 Å². The van der Waals surface area contributed by atoms with Crippen molar-refractivity contribution in [2.45, 2.75) is 13.0 Å². The molecule has 156 valence electrons. The Bertz CT molecular complexity index is 1420. The summed E-state index contributed by atoms with van der Waals surface area (Å²) in [6.07, 6.45) is -1.44. The predicted molar refractivity (Wildman–Crippen MR) is 107 cm³/mol. The molecule has 2 N–H and O–H groups in total. The van der Waals surface area contributed by atoms with Gasteiger partial charge in [-0.3, -0.25) is 4.79 Å². The quantitative estimate of drug-likeness (QED) is 0.491. The molecule has 0 spiro atoms. The van der Waals surface area contributed by atoms with Gasteiger partial charge in [-0.15, -0.1) is 0 Å². The topological polar surface area (TPSA) is 121 Å². The molecule has 8 nitrogen and oxygen atoms in total. The summed E-state index contributed by atoms with van der Waals surface area (Å²) in [5.74, 6) is -0.932. The van der Waals surface area contributed by atoms with Gasteiger partial charge in [-0.05, 0) is 18.2 Å². The number of benzene rings is 2. The number of halogens is 2. The minimum Gasteiger partial charge on any atom is -0.486 e. The second-order valence-electron chi connectivity index (χ2n) is 6.69. The second-order valence-corrected chi connectivity index (χ2v) is 6.69. The zero-order chi connectivity index (χ0) is 22.1. The summed E-state index contributed by atoms with van der Waals surface area (Å²) in [6, 6.07) is 11.3. The number of pyridine rings is 1. The van der Waals surface area contributed by atoms with Crippen LogP contribution in [-0.2, 0) is 6.54 Å². The summed E-state index contributed by atoms with van der Waals surface area (Å²) in [5.41, 5.74) is 0.525. The average molecular weight is 424 g/mol. The highest BCUT2D eigenvalue weighted by Crippen LogP contribution is 2.25. The summed E-state index contributed by atoms with van der Waals surface area (Å²) in [4.78, 5) is 31.3. The molecule has 4 aromatic rings. The fourth-order valence-electron chi connectivity index (χ4n) is 3.31. The molecule has 4 rings (SSSR count). The van der Waals surface area contributed by atoms with Crippen molar-refractivity contribution in [3.63, 3.8) is 0 Å². The van der Waals surface area contributed by atoms with E-state index in [-0.39, 0.29) is 28.8 Å². The molecular weight excluding hydrogens is 410 g/mol. The van der Waals surface area contributed by atoms with Gasteiger partial charge in [-0.1, -0.05) is 12.1 Å². The Kier molecular flexibility index (Phi) is 5.09. The molecule has 0 unspecified atom stereocenters. The number of hydrogen-bond acceptors (Lipinski definition) is 5. The number of H-pyrrole nitrogens is 1. The van der Waals surface area contributed by atoms with Crippen molar-refractivity contribution >= 4 is 27.9 Å². The Balaban J connectivity index is 1.78. The maximum absolute atomic E-state index is 12.5. The third-order valence-corrected chi connectivity index (χ3v) is 4.66. The van der Waals surface area contributed by atoms with E-state index in [0.717, 1.165) is 0 Å². The minimum absolute atomic E-state index is 0.00433. The van der Waals surface area contributed by atoms with E-state index in [1.54, 1.807) is 28.8 Å². The summed E-state index contributed by atoms with van der Waals surface area (Å²) in [5, 5.41) is 18.9. The number of aromatic carboxylic acids is 1. The van der Waals surface area contributed by atoms with Crippen molar-refractivity contribution in [1.82, 2.24) is 14.5 Å². The van der Waals surface area contributed by atoms with Gasteiger partial charge in [0, 0.05) is 17.6 Å². The number of carboxylic acid groups (broad SMARTS) is 1. The summed E-state index contributed by atoms with van der Waals surface area (Å²) in [7, 11) is 0. The number of alkyl halides is 2. The molecule has 0 fully saturated rings. The van der Waals surface area contributed by atoms with Gasteiger partial charge in [0.15, 0.2) is 0 Å². The maximum Gasteiger partial charge on any atom is 0.341 e. The largest absolute Gasteiger partial charge is 0.486 e. The summed E-state index contributed by atoms with van der Waals surface area (Å²) < 4.78 is 31.5. The third-order valence-electron chi connectivity index (χ3n) is 4.66. The Hall–Kier alpha value is -4.26. The Labute approximate surface area is 172 Å². The van der Waals surface area contributed by atoms with E-state index in [0.29, 0.717) is 22.4 Å². The molecule has 0 bridgehead atoms. The van der Waals surface area contributed by atoms with Crippen LogP contribution in [0.1, 0.15) is 21.7 Å². The van der Waals surface area contributed by atoms with Crippen LogP contribution >= 0.6 is 0 Å². The van der Waals surface area contributed by atoms with E-state index < -0.39 is 24.4 Å². The number of nitrogens with zero attached hydrogens (tertiary/aromatic N) is 3. The highest BCUT2D eigenvalue weighted by atomic mass is 19.3. The van der Waals surface area contributed by atoms with Gasteiger partial charge in [0.05, 0.1) is 28.7 Å². The molecule has 31 heavy (non-hydrogen) atoms. The fraction of sp³-hybridized carbons (Fsp3) is 0.143. The zero-order valence-electron chi connectivity index (χ0n) is 15.8. The number of imidazole rings is 1. The standard InChI is InChI=1S/C21H14F2N4O4/c22-18(23)10-31-17-6-15-14(5-11(17)7-24)25-19(26-15)9-27-8-13(21(29)30)20(28)12-3-1-2-4-16(12)27/h1-6,8,18H,9-10H2,(H,25,26)(H,29,30). The van der Waals surface area contributed by atoms with Gasteiger partial charge >= 0.3 is 5.97 Å². The van der Waals surface area contributed by atoms with Crippen LogP contribution in [0.4, 0.5) is 8.78 Å². The van der Waals surface area contributed by atoms with Crippen molar-refractivity contribution in [2.24, 2.45) is 0 Å². The molecule has 2 heterocycles. The van der Waals surface area contributed by atoms with E-state index in [1.807, 2.05) is 6.07 Å². The number of rotatable bonds is 6. The first kappa shape index (κ1) is 20.0. The number of aromatic amines is 1. The fourth-order valence-corrected chi connectivity index (χ4v) is 3.31. The Morgan fingerprint density at radius 1 is 1.32 bits per heavy atom. The number of hydrogen-bond donors (Lipinski definition) is 2. The Morgan fingerprint density at radius 2 is 2.10 bits per heavy atom. The van der Waals surface area contributed by atoms with Crippen LogP contribution in [0.25, 0.3) is 21.9 Å². The van der Waals surface area contributed by atoms with Crippen LogP contribution in [0, 0.1) is 11.3 Å². The van der Waals surface area contributed by atoms with Gasteiger partial charge in [0.1, 0.15) is 29.8 Å². The van der Waals surface area contributed by atoms with Gasteiger partial charge in [-0.25, -0.2) is 18.6 Å². The number of fused-ring (bicyclic) bond motifs is 2. The molecule has 0 radical (unpaired) electrons. The van der Waals surface area contributed by atoms with Crippen LogP contribution in [-0.4, -0.2) is 38.6 Å². The predicted octanol–water partition coefficient (Wildman–Crippen LogP) is 3.14. The number of aromatic nitrogens is 3. The lowest BCUT2D eigenvalue weighted by atomic mass is 10.1. The first-order valence-corrected chi connectivity index (χ1v) is 9.06. The van der Waals surface area contributed by atoms with Gasteiger partial charge < -0.3 is 19.4 Å². The lowest BCUT2D eigenvalue weighted by Crippen LogP contribution is -2.19. The van der Waals surface area contributed by atoms with Gasteiger partial charge in [-0.2, -0.15) is 5.26 Å². The molecular formula is C21H14F2N4O4. The van der Waals surface area contributed by atoms with E-state index in [9.17, 15) is 28.7 Å².